The Kier molecular flexibility index (Phi) is 7.47. The van der Waals surface area contributed by atoms with Gasteiger partial charge in [-0.05, 0) is 29.8 Å². The van der Waals surface area contributed by atoms with Crippen molar-refractivity contribution in [2.45, 2.75) is 21.1 Å². The average Bonchev–Trinajstić information content (AvgIpc) is 2.82. The fraction of sp³-hybridized carbons (Fsp3) is 0.0800. The van der Waals surface area contributed by atoms with Gasteiger partial charge in [0.15, 0.2) is 10.9 Å². The third kappa shape index (κ3) is 5.91. The van der Waals surface area contributed by atoms with E-state index in [1.807, 2.05) is 72.8 Å². The minimum Gasteiger partial charge on any atom is -0.301 e. The number of carbonyl (C=O) groups is 1. The van der Waals surface area contributed by atoms with Gasteiger partial charge in [0.05, 0.1) is 5.69 Å². The SMILES string of the molecule is O=C(c1ccccc1)C(Sc1nc(CSc2ccc(Cl)cc2)cc(=O)[nH]1)c1ccccc1. The highest BCUT2D eigenvalue weighted by Gasteiger charge is 2.24. The number of aromatic amines is 1. The topological polar surface area (TPSA) is 62.8 Å². The van der Waals surface area contributed by atoms with Crippen molar-refractivity contribution in [1.29, 1.82) is 0 Å². The molecule has 0 aliphatic carbocycles. The van der Waals surface area contributed by atoms with Crippen molar-refractivity contribution in [1.82, 2.24) is 9.97 Å². The summed E-state index contributed by atoms with van der Waals surface area (Å²) in [5.41, 5.74) is 1.88. The molecule has 1 heterocycles. The normalized spacial score (nSPS) is 11.8. The molecule has 0 aliphatic rings. The molecule has 1 N–H and O–H groups in total. The van der Waals surface area contributed by atoms with Crippen molar-refractivity contribution in [3.63, 3.8) is 0 Å². The van der Waals surface area contributed by atoms with E-state index in [9.17, 15) is 9.59 Å². The van der Waals surface area contributed by atoms with E-state index in [1.54, 1.807) is 23.9 Å². The first kappa shape index (κ1) is 22.4. The summed E-state index contributed by atoms with van der Waals surface area (Å²) in [5, 5.41) is 0.570. The van der Waals surface area contributed by atoms with Crippen LogP contribution in [0.2, 0.25) is 5.02 Å². The van der Waals surface area contributed by atoms with Crippen LogP contribution < -0.4 is 5.56 Å². The number of hydrogen-bond acceptors (Lipinski definition) is 5. The number of halogens is 1. The second kappa shape index (κ2) is 10.7. The number of ketones is 1. The van der Waals surface area contributed by atoms with Crippen LogP contribution in [0.25, 0.3) is 0 Å². The van der Waals surface area contributed by atoms with Crippen molar-refractivity contribution in [3.05, 3.63) is 123 Å². The van der Waals surface area contributed by atoms with Crippen LogP contribution in [0, 0.1) is 0 Å². The fourth-order valence-electron chi connectivity index (χ4n) is 3.07. The molecule has 160 valence electrons. The Bertz CT molecular complexity index is 1250. The maximum absolute atomic E-state index is 13.3. The molecule has 1 unspecified atom stereocenters. The fourth-order valence-corrected chi connectivity index (χ4v) is 5.07. The van der Waals surface area contributed by atoms with E-state index in [0.717, 1.165) is 10.5 Å². The first-order chi connectivity index (χ1) is 15.6. The van der Waals surface area contributed by atoms with Crippen LogP contribution in [-0.2, 0) is 5.75 Å². The van der Waals surface area contributed by atoms with E-state index in [-0.39, 0.29) is 11.3 Å². The number of aromatic nitrogens is 2. The number of thioether (sulfide) groups is 2. The Morgan fingerprint density at radius 2 is 1.59 bits per heavy atom. The summed E-state index contributed by atoms with van der Waals surface area (Å²) >= 11 is 8.76. The van der Waals surface area contributed by atoms with E-state index in [1.165, 1.54) is 17.8 Å². The molecule has 0 saturated heterocycles. The molecule has 0 aliphatic heterocycles. The highest BCUT2D eigenvalue weighted by atomic mass is 35.5. The number of Topliss-reactive ketones (excluding diaryl/α,β-unsaturated/α-hetero) is 1. The van der Waals surface area contributed by atoms with Crippen molar-refractivity contribution < 1.29 is 4.79 Å². The van der Waals surface area contributed by atoms with E-state index < -0.39 is 5.25 Å². The van der Waals surface area contributed by atoms with Gasteiger partial charge in [0, 0.05) is 27.3 Å². The predicted octanol–water partition coefficient (Wildman–Crippen LogP) is 6.43. The molecule has 1 aromatic heterocycles. The van der Waals surface area contributed by atoms with Crippen LogP contribution in [0.15, 0.2) is 106 Å². The zero-order valence-corrected chi connectivity index (χ0v) is 19.3. The second-order valence-corrected chi connectivity index (χ2v) is 9.50. The van der Waals surface area contributed by atoms with Crippen molar-refractivity contribution in [2.24, 2.45) is 0 Å². The van der Waals surface area contributed by atoms with Gasteiger partial charge in [-0.2, -0.15) is 0 Å². The highest BCUT2D eigenvalue weighted by Crippen LogP contribution is 2.36. The number of rotatable bonds is 8. The summed E-state index contributed by atoms with van der Waals surface area (Å²) in [5.74, 6) is 0.493. The minimum absolute atomic E-state index is 0.0367. The highest BCUT2D eigenvalue weighted by molar-refractivity contribution is 8.00. The van der Waals surface area contributed by atoms with Crippen molar-refractivity contribution >= 4 is 40.9 Å². The summed E-state index contributed by atoms with van der Waals surface area (Å²) in [7, 11) is 0. The third-order valence-electron chi connectivity index (χ3n) is 4.60. The number of H-pyrrole nitrogens is 1. The molecule has 4 rings (SSSR count). The molecule has 0 radical (unpaired) electrons. The van der Waals surface area contributed by atoms with Crippen molar-refractivity contribution in [2.75, 3.05) is 0 Å². The first-order valence-corrected chi connectivity index (χ1v) is 12.1. The molecule has 3 aromatic carbocycles. The summed E-state index contributed by atoms with van der Waals surface area (Å²) in [4.78, 5) is 34.0. The zero-order valence-electron chi connectivity index (χ0n) is 16.9. The number of hydrogen-bond donors (Lipinski definition) is 1. The molecule has 0 amide bonds. The van der Waals surface area contributed by atoms with Gasteiger partial charge >= 0.3 is 0 Å². The third-order valence-corrected chi connectivity index (χ3v) is 7.04. The van der Waals surface area contributed by atoms with Gasteiger partial charge in [0.25, 0.3) is 5.56 Å². The van der Waals surface area contributed by atoms with Crippen LogP contribution in [0.4, 0.5) is 0 Å². The molecule has 0 spiro atoms. The lowest BCUT2D eigenvalue weighted by atomic mass is 10.0. The quantitative estimate of drug-likeness (QED) is 0.179. The van der Waals surface area contributed by atoms with Gasteiger partial charge in [-0.25, -0.2) is 4.98 Å². The Morgan fingerprint density at radius 1 is 0.938 bits per heavy atom. The Morgan fingerprint density at radius 3 is 2.28 bits per heavy atom. The molecule has 4 aromatic rings. The summed E-state index contributed by atoms with van der Waals surface area (Å²) in [6.07, 6.45) is 0. The molecular formula is C25H19ClN2O2S2. The van der Waals surface area contributed by atoms with Gasteiger partial charge in [0.1, 0.15) is 5.25 Å². The standard InChI is InChI=1S/C25H19ClN2O2S2/c26-19-11-13-21(14-12-19)31-16-20-15-22(29)28-25(27-20)32-24(18-9-5-2-6-10-18)23(30)17-7-3-1-4-8-17/h1-15,24H,16H2,(H,27,28,29). The molecule has 0 fully saturated rings. The Hall–Kier alpha value is -2.80. The van der Waals surface area contributed by atoms with Crippen LogP contribution in [-0.4, -0.2) is 15.8 Å². The first-order valence-electron chi connectivity index (χ1n) is 9.88. The summed E-state index contributed by atoms with van der Waals surface area (Å²) in [6.45, 7) is 0. The number of carbonyl (C=O) groups excluding carboxylic acids is 1. The van der Waals surface area contributed by atoms with Crippen LogP contribution in [0.5, 0.6) is 0 Å². The van der Waals surface area contributed by atoms with Crippen LogP contribution >= 0.6 is 35.1 Å². The van der Waals surface area contributed by atoms with Crippen LogP contribution in [0.1, 0.15) is 26.9 Å². The molecule has 1 atom stereocenters. The average molecular weight is 479 g/mol. The zero-order chi connectivity index (χ0) is 22.3. The lowest BCUT2D eigenvalue weighted by molar-refractivity contribution is 0.0989. The second-order valence-electron chi connectivity index (χ2n) is 6.92. The van der Waals surface area contributed by atoms with Gasteiger partial charge < -0.3 is 4.98 Å². The molecule has 7 heteroatoms. The van der Waals surface area contributed by atoms with Gasteiger partial charge in [-0.1, -0.05) is 84.0 Å². The Labute approximate surface area is 199 Å². The number of nitrogens with one attached hydrogen (secondary N) is 1. The van der Waals surface area contributed by atoms with Gasteiger partial charge in [-0.15, -0.1) is 11.8 Å². The molecule has 0 saturated carbocycles. The lowest BCUT2D eigenvalue weighted by Gasteiger charge is -2.16. The summed E-state index contributed by atoms with van der Waals surface area (Å²) in [6, 6.07) is 27.7. The smallest absolute Gasteiger partial charge is 0.251 e. The van der Waals surface area contributed by atoms with Crippen LogP contribution in [0.3, 0.4) is 0 Å². The van der Waals surface area contributed by atoms with E-state index in [2.05, 4.69) is 9.97 Å². The summed E-state index contributed by atoms with van der Waals surface area (Å²) < 4.78 is 0. The van der Waals surface area contributed by atoms with E-state index in [4.69, 9.17) is 11.6 Å². The Balaban J connectivity index is 1.58. The molecular weight excluding hydrogens is 460 g/mol. The predicted molar refractivity (Wildman–Crippen MR) is 132 cm³/mol. The largest absolute Gasteiger partial charge is 0.301 e. The molecule has 4 nitrogen and oxygen atoms in total. The van der Waals surface area contributed by atoms with E-state index in [0.29, 0.717) is 27.2 Å². The molecule has 32 heavy (non-hydrogen) atoms. The van der Waals surface area contributed by atoms with Gasteiger partial charge in [0.2, 0.25) is 0 Å². The monoisotopic (exact) mass is 478 g/mol. The number of nitrogens with zero attached hydrogens (tertiary/aromatic N) is 1. The number of benzene rings is 3. The minimum atomic E-state index is -0.527. The van der Waals surface area contributed by atoms with E-state index >= 15 is 0 Å². The molecule has 0 bridgehead atoms. The lowest BCUT2D eigenvalue weighted by Crippen LogP contribution is -2.14. The maximum atomic E-state index is 13.3. The van der Waals surface area contributed by atoms with Gasteiger partial charge in [-0.3, -0.25) is 9.59 Å². The van der Waals surface area contributed by atoms with Crippen molar-refractivity contribution in [3.8, 4) is 0 Å². The maximum Gasteiger partial charge on any atom is 0.251 e.